The van der Waals surface area contributed by atoms with Crippen LogP contribution in [0.2, 0.25) is 0 Å². The van der Waals surface area contributed by atoms with Gasteiger partial charge < -0.3 is 5.32 Å². The molecule has 0 spiro atoms. The SMILES string of the molecule is C=Cc1cccc(C#CCCNC(C)=O)c1. The van der Waals surface area contributed by atoms with Crippen LogP contribution in [0.4, 0.5) is 0 Å². The summed E-state index contributed by atoms with van der Waals surface area (Å²) in [4.78, 5) is 10.6. The van der Waals surface area contributed by atoms with Crippen LogP contribution >= 0.6 is 0 Å². The van der Waals surface area contributed by atoms with Crippen molar-refractivity contribution in [1.29, 1.82) is 0 Å². The summed E-state index contributed by atoms with van der Waals surface area (Å²) in [5.74, 6) is 6.04. The fraction of sp³-hybridized carbons (Fsp3) is 0.214. The highest BCUT2D eigenvalue weighted by molar-refractivity contribution is 5.72. The molecule has 2 heteroatoms. The van der Waals surface area contributed by atoms with E-state index in [1.165, 1.54) is 6.92 Å². The van der Waals surface area contributed by atoms with E-state index >= 15 is 0 Å². The van der Waals surface area contributed by atoms with Crippen molar-refractivity contribution in [3.8, 4) is 11.8 Å². The minimum Gasteiger partial charge on any atom is -0.355 e. The Morgan fingerprint density at radius 1 is 1.56 bits per heavy atom. The number of carbonyl (C=O) groups excluding carboxylic acids is 1. The Labute approximate surface area is 96.4 Å². The number of rotatable bonds is 3. The molecule has 82 valence electrons. The van der Waals surface area contributed by atoms with Crippen LogP contribution in [0.15, 0.2) is 30.8 Å². The van der Waals surface area contributed by atoms with Crippen LogP contribution in [-0.2, 0) is 4.79 Å². The summed E-state index contributed by atoms with van der Waals surface area (Å²) in [6.45, 7) is 5.81. The fourth-order valence-electron chi connectivity index (χ4n) is 1.21. The molecule has 1 aromatic rings. The highest BCUT2D eigenvalue weighted by atomic mass is 16.1. The quantitative estimate of drug-likeness (QED) is 0.605. The van der Waals surface area contributed by atoms with Gasteiger partial charge in [0.25, 0.3) is 0 Å². The molecular formula is C14H15NO. The summed E-state index contributed by atoms with van der Waals surface area (Å²) < 4.78 is 0. The average molecular weight is 213 g/mol. The zero-order valence-corrected chi connectivity index (χ0v) is 9.42. The third kappa shape index (κ3) is 4.47. The van der Waals surface area contributed by atoms with Crippen molar-refractivity contribution in [3.63, 3.8) is 0 Å². The summed E-state index contributed by atoms with van der Waals surface area (Å²) in [6.07, 6.45) is 2.46. The number of carbonyl (C=O) groups is 1. The molecule has 0 unspecified atom stereocenters. The van der Waals surface area contributed by atoms with Gasteiger partial charge in [0, 0.05) is 25.5 Å². The molecule has 1 rings (SSSR count). The van der Waals surface area contributed by atoms with Crippen LogP contribution in [0.1, 0.15) is 24.5 Å². The minimum atomic E-state index is -0.0181. The molecule has 2 nitrogen and oxygen atoms in total. The molecule has 0 saturated heterocycles. The Morgan fingerprint density at radius 2 is 2.38 bits per heavy atom. The topological polar surface area (TPSA) is 29.1 Å². The molecule has 0 atom stereocenters. The van der Waals surface area contributed by atoms with E-state index in [1.807, 2.05) is 24.3 Å². The molecule has 0 aliphatic rings. The molecule has 0 aliphatic heterocycles. The van der Waals surface area contributed by atoms with Gasteiger partial charge in [0.1, 0.15) is 0 Å². The number of amides is 1. The molecule has 0 saturated carbocycles. The van der Waals surface area contributed by atoms with E-state index < -0.39 is 0 Å². The van der Waals surface area contributed by atoms with Gasteiger partial charge in [-0.15, -0.1) is 0 Å². The highest BCUT2D eigenvalue weighted by Gasteiger charge is 1.89. The molecular weight excluding hydrogens is 198 g/mol. The molecule has 1 N–H and O–H groups in total. The van der Waals surface area contributed by atoms with E-state index in [2.05, 4.69) is 23.7 Å². The summed E-state index contributed by atoms with van der Waals surface area (Å²) >= 11 is 0. The number of nitrogens with one attached hydrogen (secondary N) is 1. The maximum absolute atomic E-state index is 10.6. The molecule has 0 aliphatic carbocycles. The van der Waals surface area contributed by atoms with Gasteiger partial charge in [-0.1, -0.05) is 36.6 Å². The smallest absolute Gasteiger partial charge is 0.216 e. The Kier molecular flexibility index (Phi) is 4.88. The Morgan fingerprint density at radius 3 is 3.06 bits per heavy atom. The lowest BCUT2D eigenvalue weighted by Gasteiger charge is -1.95. The largest absolute Gasteiger partial charge is 0.355 e. The second kappa shape index (κ2) is 6.47. The molecule has 0 heterocycles. The minimum absolute atomic E-state index is 0.0181. The van der Waals surface area contributed by atoms with Crippen molar-refractivity contribution in [3.05, 3.63) is 42.0 Å². The molecule has 0 bridgehead atoms. The third-order valence-electron chi connectivity index (χ3n) is 1.98. The zero-order chi connectivity index (χ0) is 11.8. The number of benzene rings is 1. The summed E-state index contributed by atoms with van der Waals surface area (Å²) in [6, 6.07) is 7.88. The first-order valence-corrected chi connectivity index (χ1v) is 5.18. The maximum Gasteiger partial charge on any atom is 0.216 e. The first-order valence-electron chi connectivity index (χ1n) is 5.18. The first kappa shape index (κ1) is 12.1. The molecule has 0 fully saturated rings. The van der Waals surface area contributed by atoms with Crippen molar-refractivity contribution in [2.24, 2.45) is 0 Å². The lowest BCUT2D eigenvalue weighted by atomic mass is 10.1. The zero-order valence-electron chi connectivity index (χ0n) is 9.42. The second-order valence-corrected chi connectivity index (χ2v) is 3.36. The molecule has 16 heavy (non-hydrogen) atoms. The highest BCUT2D eigenvalue weighted by Crippen LogP contribution is 2.04. The fourth-order valence-corrected chi connectivity index (χ4v) is 1.21. The average Bonchev–Trinajstić information content (AvgIpc) is 2.28. The lowest BCUT2D eigenvalue weighted by Crippen LogP contribution is -2.20. The van der Waals surface area contributed by atoms with Crippen LogP contribution in [0, 0.1) is 11.8 Å². The Bertz CT molecular complexity index is 438. The molecule has 0 radical (unpaired) electrons. The van der Waals surface area contributed by atoms with E-state index in [-0.39, 0.29) is 5.91 Å². The predicted octanol–water partition coefficient (Wildman–Crippen LogP) is 2.21. The van der Waals surface area contributed by atoms with Gasteiger partial charge in [-0.2, -0.15) is 0 Å². The van der Waals surface area contributed by atoms with Crippen molar-refractivity contribution < 1.29 is 4.79 Å². The van der Waals surface area contributed by atoms with Crippen molar-refractivity contribution in [2.45, 2.75) is 13.3 Å². The van der Waals surface area contributed by atoms with Gasteiger partial charge in [0.15, 0.2) is 0 Å². The van der Waals surface area contributed by atoms with Crippen molar-refractivity contribution >= 4 is 12.0 Å². The van der Waals surface area contributed by atoms with Crippen LogP contribution in [0.3, 0.4) is 0 Å². The monoisotopic (exact) mass is 213 g/mol. The van der Waals surface area contributed by atoms with Gasteiger partial charge in [-0.05, 0) is 17.7 Å². The number of hydrogen-bond acceptors (Lipinski definition) is 1. The van der Waals surface area contributed by atoms with Gasteiger partial charge in [-0.25, -0.2) is 0 Å². The van der Waals surface area contributed by atoms with Gasteiger partial charge >= 0.3 is 0 Å². The van der Waals surface area contributed by atoms with E-state index in [0.29, 0.717) is 13.0 Å². The van der Waals surface area contributed by atoms with Crippen LogP contribution in [-0.4, -0.2) is 12.5 Å². The summed E-state index contributed by atoms with van der Waals surface area (Å²) in [5.41, 5.74) is 2.04. The van der Waals surface area contributed by atoms with Crippen LogP contribution < -0.4 is 5.32 Å². The normalized spacial score (nSPS) is 8.81. The second-order valence-electron chi connectivity index (χ2n) is 3.36. The van der Waals surface area contributed by atoms with E-state index in [0.717, 1.165) is 11.1 Å². The molecule has 1 amide bonds. The summed E-state index contributed by atoms with van der Waals surface area (Å²) in [7, 11) is 0. The Hall–Kier alpha value is -2.01. The standard InChI is InChI=1S/C14H15NO/c1-3-13-8-6-9-14(11-13)7-4-5-10-15-12(2)16/h3,6,8-9,11H,1,5,10H2,2H3,(H,15,16). The van der Waals surface area contributed by atoms with Gasteiger partial charge in [0.2, 0.25) is 5.91 Å². The first-order chi connectivity index (χ1) is 7.72. The summed E-state index contributed by atoms with van der Waals surface area (Å²) in [5, 5.41) is 2.70. The van der Waals surface area contributed by atoms with Crippen LogP contribution in [0.25, 0.3) is 6.08 Å². The molecule has 1 aromatic carbocycles. The maximum atomic E-state index is 10.6. The van der Waals surface area contributed by atoms with Gasteiger partial charge in [0.05, 0.1) is 0 Å². The van der Waals surface area contributed by atoms with Crippen LogP contribution in [0.5, 0.6) is 0 Å². The number of hydrogen-bond donors (Lipinski definition) is 1. The predicted molar refractivity (Wildman–Crippen MR) is 66.7 cm³/mol. The third-order valence-corrected chi connectivity index (χ3v) is 1.98. The Balaban J connectivity index is 2.49. The van der Waals surface area contributed by atoms with E-state index in [1.54, 1.807) is 6.08 Å². The van der Waals surface area contributed by atoms with E-state index in [4.69, 9.17) is 0 Å². The molecule has 0 aromatic heterocycles. The van der Waals surface area contributed by atoms with Crippen molar-refractivity contribution in [1.82, 2.24) is 5.32 Å². The van der Waals surface area contributed by atoms with Crippen molar-refractivity contribution in [2.75, 3.05) is 6.54 Å². The lowest BCUT2D eigenvalue weighted by molar-refractivity contribution is -0.118. The van der Waals surface area contributed by atoms with E-state index in [9.17, 15) is 4.79 Å². The van der Waals surface area contributed by atoms with Gasteiger partial charge in [-0.3, -0.25) is 4.79 Å².